The highest BCUT2D eigenvalue weighted by Crippen LogP contribution is 2.30. The van der Waals surface area contributed by atoms with Crippen LogP contribution in [-0.2, 0) is 7.05 Å². The number of nitrogens with zero attached hydrogens (tertiary/aromatic N) is 4. The van der Waals surface area contributed by atoms with Gasteiger partial charge in [-0.15, -0.1) is 11.3 Å². The Morgan fingerprint density at radius 1 is 1.26 bits per heavy atom. The molecular formula is C16H13N5OS. The predicted octanol–water partition coefficient (Wildman–Crippen LogP) is 2.76. The van der Waals surface area contributed by atoms with Crippen molar-refractivity contribution >= 4 is 21.6 Å². The second-order valence-corrected chi connectivity index (χ2v) is 6.12. The van der Waals surface area contributed by atoms with E-state index in [0.29, 0.717) is 21.9 Å². The molecule has 0 spiro atoms. The fraction of sp³-hybridized carbons (Fsp3) is 0.125. The number of H-pyrrole nitrogens is 1. The van der Waals surface area contributed by atoms with Gasteiger partial charge in [0.15, 0.2) is 11.6 Å². The highest BCUT2D eigenvalue weighted by Gasteiger charge is 2.16. The normalized spacial score (nSPS) is 11.2. The quantitative estimate of drug-likeness (QED) is 0.615. The summed E-state index contributed by atoms with van der Waals surface area (Å²) in [6, 6.07) is 5.69. The van der Waals surface area contributed by atoms with Gasteiger partial charge < -0.3 is 9.55 Å². The molecule has 4 aromatic heterocycles. The van der Waals surface area contributed by atoms with Gasteiger partial charge >= 0.3 is 0 Å². The van der Waals surface area contributed by atoms with Gasteiger partial charge in [0.25, 0.3) is 5.56 Å². The predicted molar refractivity (Wildman–Crippen MR) is 90.4 cm³/mol. The number of aromatic nitrogens is 5. The molecule has 0 unspecified atom stereocenters. The van der Waals surface area contributed by atoms with E-state index in [2.05, 4.69) is 19.9 Å². The number of nitrogens with one attached hydrogen (secondary N) is 1. The molecule has 0 saturated carbocycles. The van der Waals surface area contributed by atoms with Crippen molar-refractivity contribution in [1.82, 2.24) is 24.5 Å². The molecule has 4 rings (SSSR count). The van der Waals surface area contributed by atoms with Gasteiger partial charge in [-0.3, -0.25) is 9.78 Å². The fourth-order valence-corrected chi connectivity index (χ4v) is 3.35. The Balaban J connectivity index is 1.99. The maximum absolute atomic E-state index is 12.4. The summed E-state index contributed by atoms with van der Waals surface area (Å²) in [5.74, 6) is 1.10. The molecule has 1 N–H and O–H groups in total. The second-order valence-electron chi connectivity index (χ2n) is 5.24. The van der Waals surface area contributed by atoms with E-state index in [1.165, 1.54) is 11.3 Å². The third kappa shape index (κ3) is 2.17. The minimum absolute atomic E-state index is 0.155. The van der Waals surface area contributed by atoms with Crippen LogP contribution in [0.1, 0.15) is 5.69 Å². The van der Waals surface area contributed by atoms with Crippen molar-refractivity contribution in [2.75, 3.05) is 0 Å². The molecule has 0 saturated heterocycles. The van der Waals surface area contributed by atoms with Crippen molar-refractivity contribution < 1.29 is 0 Å². The van der Waals surface area contributed by atoms with Crippen LogP contribution in [0.2, 0.25) is 0 Å². The standard InChI is InChI=1S/C16H13N5OS/c1-9-7-18-15(21(9)2)14-19-12-10(11-5-3-4-6-17-11)8-23-13(12)16(22)20-14/h3-8H,1-2H3,(H,19,20,22). The number of hydrogen-bond acceptors (Lipinski definition) is 5. The van der Waals surface area contributed by atoms with Crippen LogP contribution < -0.4 is 5.56 Å². The van der Waals surface area contributed by atoms with Gasteiger partial charge in [0.2, 0.25) is 0 Å². The Hall–Kier alpha value is -2.80. The van der Waals surface area contributed by atoms with E-state index in [-0.39, 0.29) is 5.56 Å². The molecular weight excluding hydrogens is 310 g/mol. The molecule has 0 aromatic carbocycles. The van der Waals surface area contributed by atoms with E-state index >= 15 is 0 Å². The van der Waals surface area contributed by atoms with Gasteiger partial charge in [0, 0.05) is 36.1 Å². The maximum atomic E-state index is 12.4. The Bertz CT molecular complexity index is 1060. The molecule has 4 heterocycles. The van der Waals surface area contributed by atoms with Crippen LogP contribution in [0.15, 0.2) is 40.8 Å². The Kier molecular flexibility index (Phi) is 3.09. The number of thiophene rings is 1. The van der Waals surface area contributed by atoms with Gasteiger partial charge in [0.1, 0.15) is 4.70 Å². The number of rotatable bonds is 2. The molecule has 0 aliphatic carbocycles. The summed E-state index contributed by atoms with van der Waals surface area (Å²) >= 11 is 1.38. The first kappa shape index (κ1) is 13.8. The molecule has 0 radical (unpaired) electrons. The first-order valence-electron chi connectivity index (χ1n) is 7.07. The lowest BCUT2D eigenvalue weighted by atomic mass is 10.2. The fourth-order valence-electron chi connectivity index (χ4n) is 2.45. The summed E-state index contributed by atoms with van der Waals surface area (Å²) in [6.45, 7) is 1.96. The van der Waals surface area contributed by atoms with Crippen molar-refractivity contribution in [3.8, 4) is 22.9 Å². The van der Waals surface area contributed by atoms with Crippen LogP contribution in [-0.4, -0.2) is 24.5 Å². The number of aromatic amines is 1. The van der Waals surface area contributed by atoms with E-state index in [1.54, 1.807) is 12.4 Å². The van der Waals surface area contributed by atoms with E-state index < -0.39 is 0 Å². The lowest BCUT2D eigenvalue weighted by Crippen LogP contribution is -2.10. The molecule has 0 aliphatic heterocycles. The molecule has 4 aromatic rings. The van der Waals surface area contributed by atoms with E-state index in [4.69, 9.17) is 0 Å². The summed E-state index contributed by atoms with van der Waals surface area (Å²) < 4.78 is 2.50. The van der Waals surface area contributed by atoms with Gasteiger partial charge in [-0.2, -0.15) is 0 Å². The highest BCUT2D eigenvalue weighted by molar-refractivity contribution is 7.17. The molecule has 6 nitrogen and oxygen atoms in total. The average molecular weight is 323 g/mol. The van der Waals surface area contributed by atoms with E-state index in [9.17, 15) is 4.79 Å². The zero-order valence-electron chi connectivity index (χ0n) is 12.6. The molecule has 0 fully saturated rings. The van der Waals surface area contributed by atoms with Crippen LogP contribution in [0, 0.1) is 6.92 Å². The number of pyridine rings is 1. The summed E-state index contributed by atoms with van der Waals surface area (Å²) in [6.07, 6.45) is 3.49. The van der Waals surface area contributed by atoms with Crippen molar-refractivity contribution in [2.45, 2.75) is 6.92 Å². The van der Waals surface area contributed by atoms with Gasteiger partial charge in [-0.25, -0.2) is 9.97 Å². The van der Waals surface area contributed by atoms with Gasteiger partial charge in [-0.1, -0.05) is 6.07 Å². The number of fused-ring (bicyclic) bond motifs is 1. The largest absolute Gasteiger partial charge is 0.329 e. The van der Waals surface area contributed by atoms with E-state index in [0.717, 1.165) is 17.0 Å². The minimum Gasteiger partial charge on any atom is -0.329 e. The van der Waals surface area contributed by atoms with Crippen LogP contribution in [0.5, 0.6) is 0 Å². The molecule has 0 aliphatic rings. The van der Waals surface area contributed by atoms with Crippen molar-refractivity contribution in [3.63, 3.8) is 0 Å². The third-order valence-corrected chi connectivity index (χ3v) is 4.77. The Morgan fingerprint density at radius 2 is 2.13 bits per heavy atom. The first-order valence-corrected chi connectivity index (χ1v) is 7.94. The minimum atomic E-state index is -0.155. The lowest BCUT2D eigenvalue weighted by molar-refractivity contribution is 0.871. The zero-order valence-corrected chi connectivity index (χ0v) is 13.4. The molecule has 7 heteroatoms. The maximum Gasteiger partial charge on any atom is 0.269 e. The molecule has 0 atom stereocenters. The Morgan fingerprint density at radius 3 is 2.83 bits per heavy atom. The smallest absolute Gasteiger partial charge is 0.269 e. The Labute approximate surface area is 135 Å². The van der Waals surface area contributed by atoms with Crippen molar-refractivity contribution in [1.29, 1.82) is 0 Å². The first-order chi connectivity index (χ1) is 11.1. The summed E-state index contributed by atoms with van der Waals surface area (Å²) in [4.78, 5) is 28.6. The molecule has 114 valence electrons. The van der Waals surface area contributed by atoms with E-state index in [1.807, 2.05) is 42.1 Å². The SMILES string of the molecule is Cc1cnc(-c2nc3c(-c4ccccn4)csc3c(=O)[nH]2)n1C. The van der Waals surface area contributed by atoms with Crippen LogP contribution in [0.3, 0.4) is 0 Å². The summed E-state index contributed by atoms with van der Waals surface area (Å²) in [5, 5.41) is 1.92. The number of imidazole rings is 1. The van der Waals surface area contributed by atoms with Crippen LogP contribution in [0.25, 0.3) is 33.1 Å². The van der Waals surface area contributed by atoms with Crippen molar-refractivity contribution in [2.24, 2.45) is 7.05 Å². The molecule has 23 heavy (non-hydrogen) atoms. The van der Waals surface area contributed by atoms with Gasteiger partial charge in [0.05, 0.1) is 11.2 Å². The van der Waals surface area contributed by atoms with Gasteiger partial charge in [-0.05, 0) is 19.1 Å². The monoisotopic (exact) mass is 323 g/mol. The summed E-state index contributed by atoms with van der Waals surface area (Å²) in [7, 11) is 1.90. The molecule has 0 amide bonds. The summed E-state index contributed by atoms with van der Waals surface area (Å²) in [5.41, 5.74) is 3.17. The van der Waals surface area contributed by atoms with Crippen LogP contribution in [0.4, 0.5) is 0 Å². The third-order valence-electron chi connectivity index (χ3n) is 3.80. The zero-order chi connectivity index (χ0) is 16.0. The second kappa shape index (κ2) is 5.13. The lowest BCUT2D eigenvalue weighted by Gasteiger charge is -2.04. The average Bonchev–Trinajstić information content (AvgIpc) is 3.13. The number of hydrogen-bond donors (Lipinski definition) is 1. The topological polar surface area (TPSA) is 76.5 Å². The molecule has 0 bridgehead atoms. The van der Waals surface area contributed by atoms with Crippen LogP contribution >= 0.6 is 11.3 Å². The highest BCUT2D eigenvalue weighted by atomic mass is 32.1. The number of aryl methyl sites for hydroxylation is 1. The van der Waals surface area contributed by atoms with Crippen molar-refractivity contribution in [3.05, 3.63) is 52.0 Å².